The van der Waals surface area contributed by atoms with E-state index in [0.717, 1.165) is 4.90 Å². The van der Waals surface area contributed by atoms with Gasteiger partial charge in [0.1, 0.15) is 18.9 Å². The molecule has 2 aliphatic rings. The molecule has 3 atom stereocenters. The maximum absolute atomic E-state index is 11.6. The summed E-state index contributed by atoms with van der Waals surface area (Å²) in [5, 5.41) is 20.5. The van der Waals surface area contributed by atoms with Gasteiger partial charge in [-0.1, -0.05) is 0 Å². The van der Waals surface area contributed by atoms with Gasteiger partial charge >= 0.3 is 17.6 Å². The van der Waals surface area contributed by atoms with Gasteiger partial charge in [0.25, 0.3) is 0 Å². The van der Waals surface area contributed by atoms with E-state index in [9.17, 15) is 14.7 Å². The summed E-state index contributed by atoms with van der Waals surface area (Å²) in [5.74, 6) is -0.768. The number of ether oxygens (including phenoxy) is 1. The number of carbonyl (C=O) groups excluding carboxylic acids is 2. The Kier molecular flexibility index (Phi) is 3.39. The van der Waals surface area contributed by atoms with E-state index in [4.69, 9.17) is 15.4 Å². The van der Waals surface area contributed by atoms with Gasteiger partial charge < -0.3 is 20.5 Å². The van der Waals surface area contributed by atoms with Gasteiger partial charge in [-0.3, -0.25) is 15.0 Å². The molecule has 3 N–H and O–H groups in total. The summed E-state index contributed by atoms with van der Waals surface area (Å²) < 4.78 is 5.28. The highest BCUT2D eigenvalue weighted by molar-refractivity contribution is 6.41. The average molecular weight is 256 g/mol. The number of amides is 3. The second-order valence-electron chi connectivity index (χ2n) is 4.05. The van der Waals surface area contributed by atoms with E-state index in [-0.39, 0.29) is 25.3 Å². The van der Waals surface area contributed by atoms with Crippen LogP contribution in [-0.4, -0.2) is 69.1 Å². The van der Waals surface area contributed by atoms with E-state index in [2.05, 4.69) is 4.79 Å². The van der Waals surface area contributed by atoms with Crippen molar-refractivity contribution in [2.24, 2.45) is 0 Å². The van der Waals surface area contributed by atoms with Crippen molar-refractivity contribution in [1.29, 1.82) is 0 Å². The van der Waals surface area contributed by atoms with Crippen LogP contribution in [0.5, 0.6) is 0 Å². The molecule has 3 amide bonds. The molecule has 2 heterocycles. The zero-order chi connectivity index (χ0) is 13.3. The fourth-order valence-electron chi connectivity index (χ4n) is 1.93. The number of nitrogens with one attached hydrogen (secondary N) is 1. The summed E-state index contributed by atoms with van der Waals surface area (Å²) in [6.45, 7) is -0.580. The van der Waals surface area contributed by atoms with E-state index in [1.54, 1.807) is 0 Å². The minimum atomic E-state index is -0.889. The molecule has 2 aliphatic heterocycles. The van der Waals surface area contributed by atoms with Crippen molar-refractivity contribution in [2.45, 2.75) is 24.9 Å². The van der Waals surface area contributed by atoms with Crippen LogP contribution in [0.4, 0.5) is 4.79 Å². The first-order valence-corrected chi connectivity index (χ1v) is 5.34. The van der Waals surface area contributed by atoms with Gasteiger partial charge in [-0.25, -0.2) is 4.79 Å². The van der Waals surface area contributed by atoms with Crippen LogP contribution in [0, 0.1) is 0 Å². The van der Waals surface area contributed by atoms with Gasteiger partial charge in [0.15, 0.2) is 0 Å². The number of rotatable bonds is 2. The van der Waals surface area contributed by atoms with Crippen molar-refractivity contribution in [3.05, 3.63) is 5.53 Å². The van der Waals surface area contributed by atoms with Gasteiger partial charge in [0.2, 0.25) is 0 Å². The number of carbonyl (C=O) groups is 2. The molecule has 0 aromatic rings. The summed E-state index contributed by atoms with van der Waals surface area (Å²) in [6.07, 6.45) is -2.32. The van der Waals surface area contributed by atoms with Gasteiger partial charge in [-0.05, 0) is 0 Å². The Morgan fingerprint density at radius 1 is 1.56 bits per heavy atom. The third-order valence-electron chi connectivity index (χ3n) is 2.92. The minimum Gasteiger partial charge on any atom is -0.394 e. The molecule has 0 spiro atoms. The molecule has 98 valence electrons. The molecule has 0 radical (unpaired) electrons. The first-order chi connectivity index (χ1) is 8.56. The normalized spacial score (nSPS) is 32.4. The zero-order valence-electron chi connectivity index (χ0n) is 9.31. The van der Waals surface area contributed by atoms with Gasteiger partial charge in [0.05, 0.1) is 12.7 Å². The Labute approximate surface area is 102 Å². The smallest absolute Gasteiger partial charge is 0.375 e. The molecule has 0 aromatic carbocycles. The van der Waals surface area contributed by atoms with Crippen molar-refractivity contribution in [2.75, 3.05) is 13.2 Å². The highest BCUT2D eigenvalue weighted by Gasteiger charge is 2.44. The maximum atomic E-state index is 11.6. The van der Waals surface area contributed by atoms with E-state index >= 15 is 0 Å². The van der Waals surface area contributed by atoms with Gasteiger partial charge in [0, 0.05) is 6.42 Å². The van der Waals surface area contributed by atoms with Crippen LogP contribution in [0.15, 0.2) is 0 Å². The van der Waals surface area contributed by atoms with E-state index in [0.29, 0.717) is 0 Å². The van der Waals surface area contributed by atoms with Crippen molar-refractivity contribution in [3.63, 3.8) is 0 Å². The van der Waals surface area contributed by atoms with E-state index in [1.165, 1.54) is 0 Å². The summed E-state index contributed by atoms with van der Waals surface area (Å²) in [4.78, 5) is 26.7. The van der Waals surface area contributed by atoms with Crippen molar-refractivity contribution in [1.82, 2.24) is 10.2 Å². The lowest BCUT2D eigenvalue weighted by atomic mass is 10.1. The first kappa shape index (κ1) is 12.7. The lowest BCUT2D eigenvalue weighted by Crippen LogP contribution is -2.58. The molecule has 2 saturated heterocycles. The van der Waals surface area contributed by atoms with Gasteiger partial charge in [-0.15, -0.1) is 0 Å². The number of aliphatic hydroxyl groups excluding tert-OH is 2. The Morgan fingerprint density at radius 3 is 2.83 bits per heavy atom. The van der Waals surface area contributed by atoms with E-state index in [1.807, 2.05) is 5.32 Å². The minimum absolute atomic E-state index is 0.117. The molecule has 9 heteroatoms. The SMILES string of the molecule is [N-]=[N+]=C1CN([C@@H]2CC(O)[C@H](CO)O2)C(=O)NC1=O. The van der Waals surface area contributed by atoms with Crippen molar-refractivity contribution < 1.29 is 29.3 Å². The van der Waals surface area contributed by atoms with Crippen LogP contribution in [0.25, 0.3) is 5.53 Å². The number of nitrogens with zero attached hydrogens (tertiary/aromatic N) is 3. The van der Waals surface area contributed by atoms with Crippen LogP contribution in [0.1, 0.15) is 6.42 Å². The van der Waals surface area contributed by atoms with Crippen molar-refractivity contribution >= 4 is 17.6 Å². The van der Waals surface area contributed by atoms with Crippen LogP contribution in [0.3, 0.4) is 0 Å². The summed E-state index contributed by atoms with van der Waals surface area (Å²) in [5.41, 5.74) is 8.40. The topological polar surface area (TPSA) is 136 Å². The number of hydrogen-bond acceptors (Lipinski definition) is 5. The summed E-state index contributed by atoms with van der Waals surface area (Å²) in [6, 6.07) is -0.691. The number of urea groups is 1. The average Bonchev–Trinajstić information content (AvgIpc) is 2.70. The Balaban J connectivity index is 2.12. The lowest BCUT2D eigenvalue weighted by Gasteiger charge is -2.29. The predicted octanol–water partition coefficient (Wildman–Crippen LogP) is -2.32. The molecular formula is C9H12N4O5. The zero-order valence-corrected chi connectivity index (χ0v) is 9.31. The lowest BCUT2D eigenvalue weighted by molar-refractivity contribution is -0.121. The molecule has 0 saturated carbocycles. The second-order valence-corrected chi connectivity index (χ2v) is 4.05. The molecule has 9 nitrogen and oxygen atoms in total. The Morgan fingerprint density at radius 2 is 2.28 bits per heavy atom. The third-order valence-corrected chi connectivity index (χ3v) is 2.92. The largest absolute Gasteiger partial charge is 0.394 e. The summed E-state index contributed by atoms with van der Waals surface area (Å²) >= 11 is 0. The fourth-order valence-corrected chi connectivity index (χ4v) is 1.93. The quantitative estimate of drug-likeness (QED) is 0.376. The van der Waals surface area contributed by atoms with Crippen molar-refractivity contribution in [3.8, 4) is 0 Å². The standard InChI is InChI=1S/C9H12N4O5/c10-12-4-2-13(9(17)11-8(4)16)7-1-5(15)6(3-14)18-7/h5-7,14-15H,1-3H2,(H,11,16,17)/t5?,6-,7-/m0/s1. The Bertz CT molecular complexity index is 433. The number of hydrogen-bond donors (Lipinski definition) is 3. The molecule has 0 aliphatic carbocycles. The maximum Gasteiger partial charge on any atom is 0.375 e. The predicted molar refractivity (Wildman–Crippen MR) is 55.2 cm³/mol. The van der Waals surface area contributed by atoms with Crippen LogP contribution in [0.2, 0.25) is 0 Å². The Hall–Kier alpha value is -1.80. The van der Waals surface area contributed by atoms with E-state index < -0.39 is 30.4 Å². The highest BCUT2D eigenvalue weighted by atomic mass is 16.5. The molecule has 0 bridgehead atoms. The third kappa shape index (κ3) is 2.12. The monoisotopic (exact) mass is 256 g/mol. The van der Waals surface area contributed by atoms with Crippen LogP contribution in [-0.2, 0) is 9.53 Å². The molecule has 2 fully saturated rings. The summed E-state index contributed by atoms with van der Waals surface area (Å²) in [7, 11) is 0. The molecule has 18 heavy (non-hydrogen) atoms. The molecule has 2 rings (SSSR count). The van der Waals surface area contributed by atoms with Crippen LogP contribution >= 0.6 is 0 Å². The number of aliphatic hydroxyl groups is 2. The first-order valence-electron chi connectivity index (χ1n) is 5.34. The second kappa shape index (κ2) is 4.83. The highest BCUT2D eigenvalue weighted by Crippen LogP contribution is 2.23. The fraction of sp³-hybridized carbons (Fsp3) is 0.667. The molecule has 1 unspecified atom stereocenters. The van der Waals surface area contributed by atoms with Gasteiger partial charge in [-0.2, -0.15) is 4.79 Å². The molecule has 0 aromatic heterocycles. The number of imide groups is 1. The molecular weight excluding hydrogens is 244 g/mol. The van der Waals surface area contributed by atoms with Crippen LogP contribution < -0.4 is 5.32 Å².